The lowest BCUT2D eigenvalue weighted by atomic mass is 9.92. The molecule has 0 N–H and O–H groups in total. The molecule has 0 radical (unpaired) electrons. The van der Waals surface area contributed by atoms with Crippen molar-refractivity contribution >= 4 is 32.7 Å². The quantitative estimate of drug-likeness (QED) is 0.172. The lowest BCUT2D eigenvalue weighted by Crippen LogP contribution is -2.00. The van der Waals surface area contributed by atoms with Crippen LogP contribution in [0.5, 0.6) is 0 Å². The molecule has 0 spiro atoms. The number of benzene rings is 8. The maximum Gasteiger partial charge on any atom is 0.164 e. The minimum absolute atomic E-state index is 0.625. The van der Waals surface area contributed by atoms with Gasteiger partial charge in [0.25, 0.3) is 0 Å². The van der Waals surface area contributed by atoms with Crippen molar-refractivity contribution in [2.75, 3.05) is 0 Å². The molecule has 8 aromatic carbocycles. The van der Waals surface area contributed by atoms with E-state index in [1.807, 2.05) is 97.1 Å². The van der Waals surface area contributed by atoms with Crippen LogP contribution in [0.2, 0.25) is 0 Å². The van der Waals surface area contributed by atoms with Crippen molar-refractivity contribution < 1.29 is 4.42 Å². The van der Waals surface area contributed by atoms with Crippen molar-refractivity contribution in [3.63, 3.8) is 0 Å². The Balaban J connectivity index is 1.06. The maximum absolute atomic E-state index is 9.39. The monoisotopic (exact) mass is 702 g/mol. The van der Waals surface area contributed by atoms with Gasteiger partial charge in [0, 0.05) is 32.8 Å². The molecule has 55 heavy (non-hydrogen) atoms. The smallest absolute Gasteiger partial charge is 0.164 e. The average Bonchev–Trinajstić information content (AvgIpc) is 3.66. The second-order valence-electron chi connectivity index (χ2n) is 13.5. The molecule has 0 unspecified atom stereocenters. The van der Waals surface area contributed by atoms with Crippen LogP contribution < -0.4 is 0 Å². The van der Waals surface area contributed by atoms with Gasteiger partial charge in [-0.2, -0.15) is 5.26 Å². The molecule has 0 saturated carbocycles. The molecule has 0 aliphatic rings. The lowest BCUT2D eigenvalue weighted by Gasteiger charge is -2.11. The second-order valence-corrected chi connectivity index (χ2v) is 13.5. The van der Waals surface area contributed by atoms with Crippen LogP contribution in [0.15, 0.2) is 186 Å². The van der Waals surface area contributed by atoms with E-state index >= 15 is 0 Å². The first-order valence-corrected chi connectivity index (χ1v) is 18.2. The minimum atomic E-state index is 0.625. The fourth-order valence-electron chi connectivity index (χ4n) is 7.47. The summed E-state index contributed by atoms with van der Waals surface area (Å²) < 4.78 is 6.60. The van der Waals surface area contributed by atoms with Gasteiger partial charge < -0.3 is 4.42 Å². The first kappa shape index (κ1) is 32.0. The normalized spacial score (nSPS) is 11.3. The van der Waals surface area contributed by atoms with E-state index in [2.05, 4.69) is 91.0 Å². The standard InChI is InChI=1S/C50H30N4O/c51-31-32-21-23-34(24-22-32)40-19-10-20-45-46(40)44-30-43(41-17-7-8-18-42(41)47(44)55-45)39-16-9-15-38(29-39)33-25-27-37(28-26-33)50-53-48(35-11-3-1-4-12-35)52-49(54-50)36-13-5-2-6-14-36/h1-30H. The van der Waals surface area contributed by atoms with Crippen LogP contribution >= 0.6 is 0 Å². The van der Waals surface area contributed by atoms with Gasteiger partial charge in [-0.3, -0.25) is 0 Å². The molecule has 0 bridgehead atoms. The van der Waals surface area contributed by atoms with Gasteiger partial charge in [-0.1, -0.05) is 152 Å². The molecule has 0 atom stereocenters. The Kier molecular flexibility index (Phi) is 7.79. The zero-order chi connectivity index (χ0) is 36.7. The van der Waals surface area contributed by atoms with Crippen molar-refractivity contribution in [1.82, 2.24) is 15.0 Å². The van der Waals surface area contributed by atoms with Crippen molar-refractivity contribution in [2.24, 2.45) is 0 Å². The van der Waals surface area contributed by atoms with Gasteiger partial charge in [-0.05, 0) is 69.1 Å². The molecule has 0 aliphatic carbocycles. The molecule has 10 aromatic rings. The first-order valence-electron chi connectivity index (χ1n) is 18.2. The molecule has 2 heterocycles. The summed E-state index contributed by atoms with van der Waals surface area (Å²) in [6.07, 6.45) is 0. The topological polar surface area (TPSA) is 75.6 Å². The Morgan fingerprint density at radius 3 is 1.56 bits per heavy atom. The molecular weight excluding hydrogens is 673 g/mol. The third-order valence-electron chi connectivity index (χ3n) is 10.2. The highest BCUT2D eigenvalue weighted by molar-refractivity contribution is 6.22. The van der Waals surface area contributed by atoms with Crippen LogP contribution in [-0.4, -0.2) is 15.0 Å². The second kappa shape index (κ2) is 13.4. The Morgan fingerprint density at radius 2 is 0.909 bits per heavy atom. The number of hydrogen-bond acceptors (Lipinski definition) is 5. The summed E-state index contributed by atoms with van der Waals surface area (Å²) in [5.74, 6) is 1.90. The van der Waals surface area contributed by atoms with Crippen molar-refractivity contribution in [3.05, 3.63) is 188 Å². The summed E-state index contributed by atoms with van der Waals surface area (Å²) in [6, 6.07) is 64.1. The Bertz CT molecular complexity index is 3010. The molecule has 10 rings (SSSR count). The molecule has 0 saturated heterocycles. The van der Waals surface area contributed by atoms with E-state index in [1.165, 1.54) is 0 Å². The molecule has 2 aromatic heterocycles. The summed E-state index contributed by atoms with van der Waals surface area (Å²) in [5, 5.41) is 13.7. The van der Waals surface area contributed by atoms with Gasteiger partial charge in [0.15, 0.2) is 17.5 Å². The van der Waals surface area contributed by atoms with E-state index in [0.29, 0.717) is 23.0 Å². The van der Waals surface area contributed by atoms with Crippen LogP contribution in [0.1, 0.15) is 5.56 Å². The fourth-order valence-corrected chi connectivity index (χ4v) is 7.47. The van der Waals surface area contributed by atoms with E-state index in [9.17, 15) is 5.26 Å². The summed E-state index contributed by atoms with van der Waals surface area (Å²) >= 11 is 0. The van der Waals surface area contributed by atoms with Crippen molar-refractivity contribution in [2.45, 2.75) is 0 Å². The number of nitrogens with zero attached hydrogens (tertiary/aromatic N) is 4. The maximum atomic E-state index is 9.39. The minimum Gasteiger partial charge on any atom is -0.455 e. The predicted molar refractivity (Wildman–Crippen MR) is 222 cm³/mol. The molecule has 5 heteroatoms. The van der Waals surface area contributed by atoms with Gasteiger partial charge in [0.1, 0.15) is 11.2 Å². The molecule has 5 nitrogen and oxygen atoms in total. The lowest BCUT2D eigenvalue weighted by molar-refractivity contribution is 0.673. The average molecular weight is 703 g/mol. The van der Waals surface area contributed by atoms with Crippen LogP contribution in [0.3, 0.4) is 0 Å². The Hall–Kier alpha value is -7.68. The highest BCUT2D eigenvalue weighted by atomic mass is 16.3. The van der Waals surface area contributed by atoms with E-state index in [0.717, 1.165) is 82.8 Å². The highest BCUT2D eigenvalue weighted by Crippen LogP contribution is 2.43. The van der Waals surface area contributed by atoms with Gasteiger partial charge in [-0.15, -0.1) is 0 Å². The number of nitriles is 1. The summed E-state index contributed by atoms with van der Waals surface area (Å²) in [6.45, 7) is 0. The summed E-state index contributed by atoms with van der Waals surface area (Å²) in [7, 11) is 0. The van der Waals surface area contributed by atoms with Crippen molar-refractivity contribution in [3.8, 4) is 73.6 Å². The largest absolute Gasteiger partial charge is 0.455 e. The number of furan rings is 1. The number of fused-ring (bicyclic) bond motifs is 5. The molecule has 0 amide bonds. The SMILES string of the molecule is N#Cc1ccc(-c2cccc3oc4c5ccccc5c(-c5cccc(-c6ccc(-c7nc(-c8ccccc8)nc(-c8ccccc8)n7)cc6)c5)cc4c23)cc1. The molecular formula is C50H30N4O. The van der Waals surface area contributed by atoms with E-state index in [-0.39, 0.29) is 0 Å². The zero-order valence-electron chi connectivity index (χ0n) is 29.5. The predicted octanol–water partition coefficient (Wildman–Crippen LogP) is 12.8. The van der Waals surface area contributed by atoms with E-state index < -0.39 is 0 Å². The van der Waals surface area contributed by atoms with Crippen molar-refractivity contribution in [1.29, 1.82) is 5.26 Å². The summed E-state index contributed by atoms with van der Waals surface area (Å²) in [5.41, 5.74) is 11.7. The zero-order valence-corrected chi connectivity index (χ0v) is 29.5. The van der Waals surface area contributed by atoms with Gasteiger partial charge in [-0.25, -0.2) is 15.0 Å². The Labute approximate surface area is 317 Å². The van der Waals surface area contributed by atoms with Crippen LogP contribution in [0.25, 0.3) is 100 Å². The Morgan fingerprint density at radius 1 is 0.382 bits per heavy atom. The number of hydrogen-bond donors (Lipinski definition) is 0. The van der Waals surface area contributed by atoms with Gasteiger partial charge in [0.05, 0.1) is 11.6 Å². The summed E-state index contributed by atoms with van der Waals surface area (Å²) in [4.78, 5) is 14.7. The van der Waals surface area contributed by atoms with E-state index in [4.69, 9.17) is 19.4 Å². The number of rotatable bonds is 6. The van der Waals surface area contributed by atoms with Gasteiger partial charge in [0.2, 0.25) is 0 Å². The fraction of sp³-hybridized carbons (Fsp3) is 0. The van der Waals surface area contributed by atoms with Crippen LogP contribution in [0.4, 0.5) is 0 Å². The third kappa shape index (κ3) is 5.79. The first-order chi connectivity index (χ1) is 27.2. The molecule has 256 valence electrons. The van der Waals surface area contributed by atoms with Crippen LogP contribution in [0, 0.1) is 11.3 Å². The van der Waals surface area contributed by atoms with Crippen LogP contribution in [-0.2, 0) is 0 Å². The molecule has 0 aliphatic heterocycles. The van der Waals surface area contributed by atoms with E-state index in [1.54, 1.807) is 0 Å². The van der Waals surface area contributed by atoms with Gasteiger partial charge >= 0.3 is 0 Å². The highest BCUT2D eigenvalue weighted by Gasteiger charge is 2.18. The third-order valence-corrected chi connectivity index (χ3v) is 10.2. The number of aromatic nitrogens is 3. The molecule has 0 fully saturated rings.